The number of ether oxygens (including phenoxy) is 3. The lowest BCUT2D eigenvalue weighted by atomic mass is 10.2. The Morgan fingerprint density at radius 1 is 0.947 bits per heavy atom. The van der Waals surface area contributed by atoms with Crippen molar-refractivity contribution in [1.82, 2.24) is 4.90 Å². The maximum atomic E-state index is 5.44. The van der Waals surface area contributed by atoms with Crippen LogP contribution in [0.15, 0.2) is 24.3 Å². The molecular weight excluding hydrogens is 242 g/mol. The third-order valence-corrected chi connectivity index (χ3v) is 2.86. The largest absolute Gasteiger partial charge is 0.494 e. The van der Waals surface area contributed by atoms with Crippen LogP contribution in [0.2, 0.25) is 0 Å². The lowest BCUT2D eigenvalue weighted by Gasteiger charge is -2.21. The molecule has 19 heavy (non-hydrogen) atoms. The summed E-state index contributed by atoms with van der Waals surface area (Å²) in [4.78, 5) is 2.32. The fraction of sp³-hybridized carbons (Fsp3) is 0.600. The van der Waals surface area contributed by atoms with Crippen LogP contribution >= 0.6 is 0 Å². The minimum Gasteiger partial charge on any atom is -0.494 e. The standard InChI is InChI=1S/C15H25NO3/c1-4-19-15-7-5-14(6-8-15)13-16(9-11-17-2)10-12-18-3/h5-8H,4,9-13H2,1-3H3. The van der Waals surface area contributed by atoms with Crippen LogP contribution in [0.4, 0.5) is 0 Å². The summed E-state index contributed by atoms with van der Waals surface area (Å²) in [7, 11) is 3.46. The van der Waals surface area contributed by atoms with E-state index < -0.39 is 0 Å². The van der Waals surface area contributed by atoms with E-state index in [9.17, 15) is 0 Å². The predicted octanol–water partition coefficient (Wildman–Crippen LogP) is 2.18. The van der Waals surface area contributed by atoms with Crippen LogP contribution in [-0.4, -0.2) is 52.0 Å². The first-order chi connectivity index (χ1) is 9.30. The number of hydrogen-bond acceptors (Lipinski definition) is 4. The van der Waals surface area contributed by atoms with E-state index in [0.717, 1.165) is 38.6 Å². The average molecular weight is 267 g/mol. The maximum Gasteiger partial charge on any atom is 0.119 e. The zero-order chi connectivity index (χ0) is 13.9. The number of benzene rings is 1. The second-order valence-corrected chi connectivity index (χ2v) is 4.34. The molecule has 4 heteroatoms. The van der Waals surface area contributed by atoms with Gasteiger partial charge in [-0.3, -0.25) is 4.90 Å². The molecule has 0 aromatic heterocycles. The fourth-order valence-electron chi connectivity index (χ4n) is 1.83. The maximum absolute atomic E-state index is 5.44. The van der Waals surface area contributed by atoms with Gasteiger partial charge in [0.2, 0.25) is 0 Å². The van der Waals surface area contributed by atoms with Gasteiger partial charge in [0.25, 0.3) is 0 Å². The molecule has 0 aliphatic rings. The van der Waals surface area contributed by atoms with Gasteiger partial charge in [0.05, 0.1) is 19.8 Å². The van der Waals surface area contributed by atoms with Crippen LogP contribution in [0.3, 0.4) is 0 Å². The molecule has 0 amide bonds. The molecule has 0 heterocycles. The molecule has 0 aliphatic heterocycles. The molecule has 0 saturated heterocycles. The molecule has 1 aromatic rings. The van der Waals surface area contributed by atoms with Crippen molar-refractivity contribution in [2.24, 2.45) is 0 Å². The molecular formula is C15H25NO3. The Labute approximate surface area is 116 Å². The van der Waals surface area contributed by atoms with Gasteiger partial charge in [0.15, 0.2) is 0 Å². The number of nitrogens with zero attached hydrogens (tertiary/aromatic N) is 1. The summed E-state index contributed by atoms with van der Waals surface area (Å²) < 4.78 is 15.7. The first kappa shape index (κ1) is 16.0. The van der Waals surface area contributed by atoms with Crippen LogP contribution in [0, 0.1) is 0 Å². The summed E-state index contributed by atoms with van der Waals surface area (Å²) in [5.41, 5.74) is 1.27. The molecule has 0 spiro atoms. The fourth-order valence-corrected chi connectivity index (χ4v) is 1.83. The third kappa shape index (κ3) is 6.57. The van der Waals surface area contributed by atoms with Crippen molar-refractivity contribution in [3.05, 3.63) is 29.8 Å². The molecule has 0 aliphatic carbocycles. The SMILES string of the molecule is CCOc1ccc(CN(CCOC)CCOC)cc1. The first-order valence-corrected chi connectivity index (χ1v) is 6.72. The van der Waals surface area contributed by atoms with E-state index >= 15 is 0 Å². The lowest BCUT2D eigenvalue weighted by molar-refractivity contribution is 0.110. The number of methoxy groups -OCH3 is 2. The minimum atomic E-state index is 0.702. The molecule has 0 atom stereocenters. The van der Waals surface area contributed by atoms with Crippen LogP contribution in [0.25, 0.3) is 0 Å². The Morgan fingerprint density at radius 2 is 1.53 bits per heavy atom. The Hall–Kier alpha value is -1.10. The molecule has 0 N–H and O–H groups in total. The zero-order valence-corrected chi connectivity index (χ0v) is 12.2. The number of hydrogen-bond donors (Lipinski definition) is 0. The van der Waals surface area contributed by atoms with Crippen LogP contribution in [0.1, 0.15) is 12.5 Å². The Balaban J connectivity index is 2.51. The van der Waals surface area contributed by atoms with E-state index in [-0.39, 0.29) is 0 Å². The summed E-state index contributed by atoms with van der Waals surface area (Å²) in [6.07, 6.45) is 0. The molecule has 1 rings (SSSR count). The van der Waals surface area contributed by atoms with Crippen LogP contribution in [0.5, 0.6) is 5.75 Å². The van der Waals surface area contributed by atoms with Gasteiger partial charge < -0.3 is 14.2 Å². The van der Waals surface area contributed by atoms with Gasteiger partial charge in [0.1, 0.15) is 5.75 Å². The van der Waals surface area contributed by atoms with Crippen molar-refractivity contribution < 1.29 is 14.2 Å². The summed E-state index contributed by atoms with van der Waals surface area (Å²) in [5.74, 6) is 0.923. The molecule has 1 aromatic carbocycles. The molecule has 108 valence electrons. The summed E-state index contributed by atoms with van der Waals surface area (Å²) >= 11 is 0. The van der Waals surface area contributed by atoms with Gasteiger partial charge in [-0.05, 0) is 24.6 Å². The summed E-state index contributed by atoms with van der Waals surface area (Å²) in [5, 5.41) is 0. The lowest BCUT2D eigenvalue weighted by Crippen LogP contribution is -2.30. The van der Waals surface area contributed by atoms with Crippen LogP contribution in [-0.2, 0) is 16.0 Å². The highest BCUT2D eigenvalue weighted by Gasteiger charge is 2.06. The van der Waals surface area contributed by atoms with Crippen molar-refractivity contribution in [1.29, 1.82) is 0 Å². The molecule has 0 fully saturated rings. The van der Waals surface area contributed by atoms with Crippen molar-refractivity contribution in [2.75, 3.05) is 47.1 Å². The Morgan fingerprint density at radius 3 is 2.00 bits per heavy atom. The molecule has 0 radical (unpaired) electrons. The third-order valence-electron chi connectivity index (χ3n) is 2.86. The van der Waals surface area contributed by atoms with E-state index in [1.54, 1.807) is 14.2 Å². The highest BCUT2D eigenvalue weighted by Crippen LogP contribution is 2.13. The van der Waals surface area contributed by atoms with E-state index in [1.165, 1.54) is 5.56 Å². The minimum absolute atomic E-state index is 0.702. The topological polar surface area (TPSA) is 30.9 Å². The highest BCUT2D eigenvalue weighted by atomic mass is 16.5. The van der Waals surface area contributed by atoms with Crippen LogP contribution < -0.4 is 4.74 Å². The zero-order valence-electron chi connectivity index (χ0n) is 12.2. The van der Waals surface area contributed by atoms with Gasteiger partial charge in [-0.15, -0.1) is 0 Å². The molecule has 4 nitrogen and oxygen atoms in total. The van der Waals surface area contributed by atoms with Crippen molar-refractivity contribution in [3.8, 4) is 5.75 Å². The summed E-state index contributed by atoms with van der Waals surface area (Å²) in [6, 6.07) is 8.25. The van der Waals surface area contributed by atoms with E-state index in [1.807, 2.05) is 19.1 Å². The Bertz CT molecular complexity index is 319. The van der Waals surface area contributed by atoms with Gasteiger partial charge in [-0.1, -0.05) is 12.1 Å². The number of rotatable bonds is 10. The van der Waals surface area contributed by atoms with E-state index in [4.69, 9.17) is 14.2 Å². The molecule has 0 saturated carbocycles. The predicted molar refractivity (Wildman–Crippen MR) is 76.6 cm³/mol. The van der Waals surface area contributed by atoms with Crippen molar-refractivity contribution >= 4 is 0 Å². The Kier molecular flexibility index (Phi) is 8.21. The van der Waals surface area contributed by atoms with E-state index in [2.05, 4.69) is 17.0 Å². The van der Waals surface area contributed by atoms with Crippen molar-refractivity contribution in [3.63, 3.8) is 0 Å². The second-order valence-electron chi connectivity index (χ2n) is 4.34. The van der Waals surface area contributed by atoms with Gasteiger partial charge in [-0.2, -0.15) is 0 Å². The second kappa shape index (κ2) is 9.78. The molecule has 0 unspecified atom stereocenters. The normalized spacial score (nSPS) is 10.9. The van der Waals surface area contributed by atoms with Crippen molar-refractivity contribution in [2.45, 2.75) is 13.5 Å². The van der Waals surface area contributed by atoms with E-state index in [0.29, 0.717) is 6.61 Å². The van der Waals surface area contributed by atoms with Gasteiger partial charge >= 0.3 is 0 Å². The smallest absolute Gasteiger partial charge is 0.119 e. The first-order valence-electron chi connectivity index (χ1n) is 6.72. The quantitative estimate of drug-likeness (QED) is 0.650. The monoisotopic (exact) mass is 267 g/mol. The molecule has 0 bridgehead atoms. The van der Waals surface area contributed by atoms with Gasteiger partial charge in [-0.25, -0.2) is 0 Å². The highest BCUT2D eigenvalue weighted by molar-refractivity contribution is 5.27. The summed E-state index contributed by atoms with van der Waals surface area (Å²) in [6.45, 7) is 6.89. The average Bonchev–Trinajstić information content (AvgIpc) is 2.44. The van der Waals surface area contributed by atoms with Gasteiger partial charge in [0, 0.05) is 33.9 Å².